The van der Waals surface area contributed by atoms with E-state index in [2.05, 4.69) is 20.5 Å². The molecule has 2 aromatic heterocycles. The van der Waals surface area contributed by atoms with Gasteiger partial charge in [0.1, 0.15) is 18.1 Å². The van der Waals surface area contributed by atoms with Gasteiger partial charge in [-0.2, -0.15) is 5.10 Å². The van der Waals surface area contributed by atoms with Crippen molar-refractivity contribution in [3.63, 3.8) is 0 Å². The zero-order valence-corrected chi connectivity index (χ0v) is 13.7. The number of carbonyl (C=O) groups excluding carboxylic acids is 1. The number of carbonyl (C=O) groups is 1. The van der Waals surface area contributed by atoms with Crippen LogP contribution in [0.2, 0.25) is 0 Å². The van der Waals surface area contributed by atoms with Crippen LogP contribution in [0.15, 0.2) is 48.7 Å². The number of aromatic nitrogens is 4. The molecule has 0 saturated heterocycles. The highest BCUT2D eigenvalue weighted by Crippen LogP contribution is 2.21. The molecule has 0 aliphatic rings. The molecule has 1 aromatic carbocycles. The standard InChI is InChI=1S/C16H15N5O2S/c1-23-12-7-5-11(6-8-12)15-19-20-16(24)21(15)10-14(22)18-13-4-2-3-9-17-13/h2-9H,10H2,1H3,(H,20,24)(H,17,18,22). The average Bonchev–Trinajstić information content (AvgIpc) is 2.96. The van der Waals surface area contributed by atoms with Gasteiger partial charge in [-0.05, 0) is 48.6 Å². The van der Waals surface area contributed by atoms with Crippen molar-refractivity contribution in [2.75, 3.05) is 12.4 Å². The molecule has 8 heteroatoms. The highest BCUT2D eigenvalue weighted by atomic mass is 32.1. The maximum Gasteiger partial charge on any atom is 0.245 e. The van der Waals surface area contributed by atoms with E-state index in [0.29, 0.717) is 16.4 Å². The monoisotopic (exact) mass is 341 g/mol. The molecule has 0 radical (unpaired) electrons. The maximum atomic E-state index is 12.2. The molecule has 0 bridgehead atoms. The molecule has 0 saturated carbocycles. The van der Waals surface area contributed by atoms with Crippen LogP contribution in [0.3, 0.4) is 0 Å². The molecule has 2 N–H and O–H groups in total. The van der Waals surface area contributed by atoms with Crippen molar-refractivity contribution in [2.24, 2.45) is 0 Å². The number of anilines is 1. The van der Waals surface area contributed by atoms with Crippen LogP contribution in [0.1, 0.15) is 0 Å². The minimum Gasteiger partial charge on any atom is -0.497 e. The zero-order chi connectivity index (χ0) is 16.9. The number of methoxy groups -OCH3 is 1. The van der Waals surface area contributed by atoms with E-state index in [1.807, 2.05) is 24.3 Å². The van der Waals surface area contributed by atoms with Crippen LogP contribution >= 0.6 is 12.2 Å². The number of aromatic amines is 1. The molecular weight excluding hydrogens is 326 g/mol. The van der Waals surface area contributed by atoms with Crippen LogP contribution in [-0.2, 0) is 11.3 Å². The van der Waals surface area contributed by atoms with Crippen LogP contribution < -0.4 is 10.1 Å². The number of benzene rings is 1. The first-order valence-electron chi connectivity index (χ1n) is 7.18. The summed E-state index contributed by atoms with van der Waals surface area (Å²) in [4.78, 5) is 16.3. The number of nitrogens with zero attached hydrogens (tertiary/aromatic N) is 3. The smallest absolute Gasteiger partial charge is 0.245 e. The van der Waals surface area contributed by atoms with E-state index in [-0.39, 0.29) is 12.5 Å². The number of ether oxygens (including phenoxy) is 1. The highest BCUT2D eigenvalue weighted by molar-refractivity contribution is 7.71. The molecule has 1 amide bonds. The number of rotatable bonds is 5. The number of amides is 1. The van der Waals surface area contributed by atoms with Gasteiger partial charge >= 0.3 is 0 Å². The number of pyridine rings is 1. The predicted molar refractivity (Wildman–Crippen MR) is 92.3 cm³/mol. The van der Waals surface area contributed by atoms with Gasteiger partial charge in [0.2, 0.25) is 5.91 Å². The molecule has 3 rings (SSSR count). The number of hydrogen-bond donors (Lipinski definition) is 2. The third-order valence-corrected chi connectivity index (χ3v) is 3.65. The Morgan fingerprint density at radius 1 is 1.29 bits per heavy atom. The molecule has 3 aromatic rings. The Balaban J connectivity index is 1.82. The Morgan fingerprint density at radius 3 is 2.75 bits per heavy atom. The van der Waals surface area contributed by atoms with Gasteiger partial charge in [-0.3, -0.25) is 14.5 Å². The van der Waals surface area contributed by atoms with Crippen LogP contribution in [0.4, 0.5) is 5.82 Å². The van der Waals surface area contributed by atoms with E-state index in [9.17, 15) is 4.79 Å². The van der Waals surface area contributed by atoms with E-state index >= 15 is 0 Å². The first-order valence-corrected chi connectivity index (χ1v) is 7.58. The van der Waals surface area contributed by atoms with Crippen molar-refractivity contribution in [1.82, 2.24) is 19.7 Å². The second kappa shape index (κ2) is 7.05. The fraction of sp³-hybridized carbons (Fsp3) is 0.125. The topological polar surface area (TPSA) is 84.8 Å². The Bertz CT molecular complexity index is 887. The first kappa shape index (κ1) is 15.9. The minimum atomic E-state index is -0.235. The van der Waals surface area contributed by atoms with Crippen molar-refractivity contribution >= 4 is 23.9 Å². The lowest BCUT2D eigenvalue weighted by atomic mass is 10.2. The van der Waals surface area contributed by atoms with Gasteiger partial charge < -0.3 is 10.1 Å². The van der Waals surface area contributed by atoms with Gasteiger partial charge in [0, 0.05) is 11.8 Å². The fourth-order valence-electron chi connectivity index (χ4n) is 2.19. The molecule has 2 heterocycles. The Labute approximate surface area is 143 Å². The summed E-state index contributed by atoms with van der Waals surface area (Å²) in [5.41, 5.74) is 0.828. The van der Waals surface area contributed by atoms with Crippen molar-refractivity contribution in [1.29, 1.82) is 0 Å². The number of nitrogens with one attached hydrogen (secondary N) is 2. The second-order valence-electron chi connectivity index (χ2n) is 4.93. The average molecular weight is 341 g/mol. The molecule has 0 aliphatic heterocycles. The quantitative estimate of drug-likeness (QED) is 0.697. The van der Waals surface area contributed by atoms with Crippen molar-refractivity contribution in [3.8, 4) is 17.1 Å². The van der Waals surface area contributed by atoms with E-state index in [0.717, 1.165) is 11.3 Å². The summed E-state index contributed by atoms with van der Waals surface area (Å²) in [6.07, 6.45) is 1.61. The normalized spacial score (nSPS) is 10.4. The van der Waals surface area contributed by atoms with E-state index in [1.54, 1.807) is 36.1 Å². The molecule has 0 unspecified atom stereocenters. The van der Waals surface area contributed by atoms with Crippen LogP contribution in [0.25, 0.3) is 11.4 Å². The van der Waals surface area contributed by atoms with Gasteiger partial charge in [-0.1, -0.05) is 6.07 Å². The molecule has 24 heavy (non-hydrogen) atoms. The lowest BCUT2D eigenvalue weighted by Gasteiger charge is -2.08. The van der Waals surface area contributed by atoms with Crippen LogP contribution in [-0.4, -0.2) is 32.8 Å². The van der Waals surface area contributed by atoms with E-state index in [1.165, 1.54) is 0 Å². The highest BCUT2D eigenvalue weighted by Gasteiger charge is 2.13. The summed E-state index contributed by atoms with van der Waals surface area (Å²) < 4.78 is 7.15. The van der Waals surface area contributed by atoms with E-state index < -0.39 is 0 Å². The summed E-state index contributed by atoms with van der Waals surface area (Å²) >= 11 is 5.23. The molecule has 7 nitrogen and oxygen atoms in total. The van der Waals surface area contributed by atoms with Gasteiger partial charge in [0.25, 0.3) is 0 Å². The largest absolute Gasteiger partial charge is 0.497 e. The van der Waals surface area contributed by atoms with Gasteiger partial charge in [0.15, 0.2) is 10.6 Å². The van der Waals surface area contributed by atoms with Gasteiger partial charge in [0.05, 0.1) is 7.11 Å². The fourth-order valence-corrected chi connectivity index (χ4v) is 2.38. The molecule has 0 aliphatic carbocycles. The third-order valence-electron chi connectivity index (χ3n) is 3.34. The lowest BCUT2D eigenvalue weighted by Crippen LogP contribution is -2.20. The summed E-state index contributed by atoms with van der Waals surface area (Å²) in [5, 5.41) is 9.66. The Hall–Kier alpha value is -3.00. The maximum absolute atomic E-state index is 12.2. The van der Waals surface area contributed by atoms with Gasteiger partial charge in [-0.25, -0.2) is 4.98 Å². The minimum absolute atomic E-state index is 0.0350. The zero-order valence-electron chi connectivity index (χ0n) is 12.9. The van der Waals surface area contributed by atoms with Crippen molar-refractivity contribution in [3.05, 3.63) is 53.4 Å². The SMILES string of the molecule is COc1ccc(-c2n[nH]c(=S)n2CC(=O)Nc2ccccn2)cc1. The van der Waals surface area contributed by atoms with Crippen molar-refractivity contribution < 1.29 is 9.53 Å². The predicted octanol–water partition coefficient (Wildman–Crippen LogP) is 2.65. The molecule has 0 spiro atoms. The molecular formula is C16H15N5O2S. The summed E-state index contributed by atoms with van der Waals surface area (Å²) in [6, 6.07) is 12.7. The Kier molecular flexibility index (Phi) is 4.66. The third kappa shape index (κ3) is 3.49. The summed E-state index contributed by atoms with van der Waals surface area (Å²) in [7, 11) is 1.60. The Morgan fingerprint density at radius 2 is 2.08 bits per heavy atom. The van der Waals surface area contributed by atoms with Crippen LogP contribution in [0.5, 0.6) is 5.75 Å². The number of hydrogen-bond acceptors (Lipinski definition) is 5. The summed E-state index contributed by atoms with van der Waals surface area (Å²) in [5.74, 6) is 1.58. The van der Waals surface area contributed by atoms with Crippen molar-refractivity contribution in [2.45, 2.75) is 6.54 Å². The van der Waals surface area contributed by atoms with E-state index in [4.69, 9.17) is 17.0 Å². The van der Waals surface area contributed by atoms with Gasteiger partial charge in [-0.15, -0.1) is 0 Å². The first-order chi connectivity index (χ1) is 11.7. The molecule has 0 fully saturated rings. The lowest BCUT2D eigenvalue weighted by molar-refractivity contribution is -0.116. The van der Waals surface area contributed by atoms with Crippen LogP contribution in [0, 0.1) is 4.77 Å². The second-order valence-corrected chi connectivity index (χ2v) is 5.32. The molecule has 122 valence electrons. The summed E-state index contributed by atoms with van der Waals surface area (Å²) in [6.45, 7) is 0.0350. The number of H-pyrrole nitrogens is 1. The molecule has 0 atom stereocenters.